The van der Waals surface area contributed by atoms with E-state index in [1.165, 1.54) is 0 Å². The van der Waals surface area contributed by atoms with Gasteiger partial charge in [0.05, 0.1) is 23.7 Å². The monoisotopic (exact) mass is 256 g/mol. The van der Waals surface area contributed by atoms with Crippen molar-refractivity contribution in [3.05, 3.63) is 16.1 Å². The molecule has 1 rings (SSSR count). The Morgan fingerprint density at radius 1 is 1.53 bits per heavy atom. The molecule has 0 aliphatic carbocycles. The van der Waals surface area contributed by atoms with Crippen molar-refractivity contribution in [2.24, 2.45) is 0 Å². The highest BCUT2D eigenvalue weighted by Gasteiger charge is 2.11. The van der Waals surface area contributed by atoms with E-state index >= 15 is 0 Å². The lowest BCUT2D eigenvalue weighted by molar-refractivity contribution is -0.121. The summed E-state index contributed by atoms with van der Waals surface area (Å²) in [6.07, 6.45) is 0.345. The Bertz CT molecular complexity index is 363. The number of nitrogens with one attached hydrogen (secondary N) is 1. The van der Waals surface area contributed by atoms with Gasteiger partial charge in [-0.25, -0.2) is 4.98 Å². The number of carbonyl (C=O) groups is 1. The average Bonchev–Trinajstić information content (AvgIpc) is 2.66. The standard InChI is InChI=1S/C12H20N2O2S/c1-8(2)12-14-10(7-17-12)5-11(15)13-9(3)6-16-4/h7-9H,5-6H2,1-4H3,(H,13,15)/t9-/m0/s1. The fourth-order valence-electron chi connectivity index (χ4n) is 1.45. The SMILES string of the molecule is COC[C@H](C)NC(=O)Cc1csc(C(C)C)n1. The van der Waals surface area contributed by atoms with Crippen LogP contribution in [0.2, 0.25) is 0 Å². The maximum atomic E-state index is 11.7. The van der Waals surface area contributed by atoms with Crippen molar-refractivity contribution in [1.29, 1.82) is 0 Å². The fraction of sp³-hybridized carbons (Fsp3) is 0.667. The molecule has 1 amide bonds. The summed E-state index contributed by atoms with van der Waals surface area (Å²) in [6, 6.07) is 0.0377. The molecule has 0 saturated heterocycles. The molecule has 1 aromatic rings. The molecule has 4 nitrogen and oxygen atoms in total. The fourth-order valence-corrected chi connectivity index (χ4v) is 2.29. The Kier molecular flexibility index (Phi) is 5.58. The second-order valence-corrected chi connectivity index (χ2v) is 5.32. The normalized spacial score (nSPS) is 12.8. The first-order valence-corrected chi connectivity index (χ1v) is 6.63. The highest BCUT2D eigenvalue weighted by molar-refractivity contribution is 7.09. The van der Waals surface area contributed by atoms with Gasteiger partial charge in [-0.2, -0.15) is 0 Å². The molecule has 0 aliphatic rings. The van der Waals surface area contributed by atoms with Crippen molar-refractivity contribution < 1.29 is 9.53 Å². The van der Waals surface area contributed by atoms with Crippen LogP contribution in [0.25, 0.3) is 0 Å². The Morgan fingerprint density at radius 3 is 2.76 bits per heavy atom. The number of rotatable bonds is 6. The number of nitrogens with zero attached hydrogens (tertiary/aromatic N) is 1. The number of ether oxygens (including phenoxy) is 1. The number of aromatic nitrogens is 1. The first-order valence-electron chi connectivity index (χ1n) is 5.75. The predicted molar refractivity (Wildman–Crippen MR) is 69.4 cm³/mol. The zero-order chi connectivity index (χ0) is 12.8. The third kappa shape index (κ3) is 4.83. The van der Waals surface area contributed by atoms with E-state index in [-0.39, 0.29) is 11.9 Å². The Labute approximate surface area is 106 Å². The van der Waals surface area contributed by atoms with E-state index in [9.17, 15) is 4.79 Å². The predicted octanol–water partition coefficient (Wildman–Crippen LogP) is 1.96. The van der Waals surface area contributed by atoms with Gasteiger partial charge in [0.1, 0.15) is 0 Å². The summed E-state index contributed by atoms with van der Waals surface area (Å²) in [5.41, 5.74) is 0.848. The molecular weight excluding hydrogens is 236 g/mol. The third-order valence-electron chi connectivity index (χ3n) is 2.23. The largest absolute Gasteiger partial charge is 0.383 e. The molecule has 0 saturated carbocycles. The minimum Gasteiger partial charge on any atom is -0.383 e. The molecule has 1 N–H and O–H groups in total. The highest BCUT2D eigenvalue weighted by atomic mass is 32.1. The van der Waals surface area contributed by atoms with Gasteiger partial charge in [0.25, 0.3) is 0 Å². The second kappa shape index (κ2) is 6.71. The number of thiazole rings is 1. The first-order chi connectivity index (χ1) is 8.02. The molecule has 5 heteroatoms. The maximum Gasteiger partial charge on any atom is 0.226 e. The van der Waals surface area contributed by atoms with Crippen LogP contribution in [-0.4, -0.2) is 30.6 Å². The van der Waals surface area contributed by atoms with Gasteiger partial charge in [-0.1, -0.05) is 13.8 Å². The van der Waals surface area contributed by atoms with E-state index in [2.05, 4.69) is 24.1 Å². The molecule has 0 aromatic carbocycles. The topological polar surface area (TPSA) is 51.2 Å². The lowest BCUT2D eigenvalue weighted by Crippen LogP contribution is -2.36. The van der Waals surface area contributed by atoms with E-state index in [1.807, 2.05) is 12.3 Å². The van der Waals surface area contributed by atoms with Crippen LogP contribution in [-0.2, 0) is 16.0 Å². The zero-order valence-electron chi connectivity index (χ0n) is 10.8. The number of hydrogen-bond acceptors (Lipinski definition) is 4. The molecule has 1 heterocycles. The number of carbonyl (C=O) groups excluding carboxylic acids is 1. The van der Waals surface area contributed by atoms with Crippen molar-refractivity contribution in [3.63, 3.8) is 0 Å². The van der Waals surface area contributed by atoms with Crippen molar-refractivity contribution in [3.8, 4) is 0 Å². The summed E-state index contributed by atoms with van der Waals surface area (Å²) >= 11 is 1.61. The minimum atomic E-state index is -0.00449. The summed E-state index contributed by atoms with van der Waals surface area (Å²) in [7, 11) is 1.62. The highest BCUT2D eigenvalue weighted by Crippen LogP contribution is 2.19. The molecule has 0 unspecified atom stereocenters. The van der Waals surface area contributed by atoms with Crippen molar-refractivity contribution >= 4 is 17.2 Å². The van der Waals surface area contributed by atoms with Crippen LogP contribution in [0.5, 0.6) is 0 Å². The summed E-state index contributed by atoms with van der Waals surface area (Å²) in [6.45, 7) is 6.65. The quantitative estimate of drug-likeness (QED) is 0.846. The molecular formula is C12H20N2O2S. The molecule has 0 aliphatic heterocycles. The van der Waals surface area contributed by atoms with Gasteiger partial charge in [-0.15, -0.1) is 11.3 Å². The van der Waals surface area contributed by atoms with Crippen LogP contribution in [0.4, 0.5) is 0 Å². The van der Waals surface area contributed by atoms with Gasteiger partial charge in [-0.3, -0.25) is 4.79 Å². The lowest BCUT2D eigenvalue weighted by atomic mass is 10.2. The van der Waals surface area contributed by atoms with Crippen LogP contribution >= 0.6 is 11.3 Å². The molecule has 17 heavy (non-hydrogen) atoms. The average molecular weight is 256 g/mol. The van der Waals surface area contributed by atoms with E-state index in [1.54, 1.807) is 18.4 Å². The lowest BCUT2D eigenvalue weighted by Gasteiger charge is -2.11. The van der Waals surface area contributed by atoms with E-state index < -0.39 is 0 Å². The van der Waals surface area contributed by atoms with Gasteiger partial charge < -0.3 is 10.1 Å². The molecule has 0 radical (unpaired) electrons. The van der Waals surface area contributed by atoms with E-state index in [0.717, 1.165) is 10.7 Å². The van der Waals surface area contributed by atoms with Crippen LogP contribution in [0.15, 0.2) is 5.38 Å². The molecule has 96 valence electrons. The number of methoxy groups -OCH3 is 1. The van der Waals surface area contributed by atoms with Crippen LogP contribution in [0.1, 0.15) is 37.4 Å². The molecule has 0 fully saturated rings. The number of hydrogen-bond donors (Lipinski definition) is 1. The second-order valence-electron chi connectivity index (χ2n) is 4.43. The van der Waals surface area contributed by atoms with Gasteiger partial charge >= 0.3 is 0 Å². The minimum absolute atomic E-state index is 0.00449. The summed E-state index contributed by atoms with van der Waals surface area (Å²) < 4.78 is 4.96. The maximum absolute atomic E-state index is 11.7. The zero-order valence-corrected chi connectivity index (χ0v) is 11.6. The van der Waals surface area contributed by atoms with Crippen molar-refractivity contribution in [2.45, 2.75) is 39.2 Å². The smallest absolute Gasteiger partial charge is 0.226 e. The Morgan fingerprint density at radius 2 is 2.24 bits per heavy atom. The molecule has 1 aromatic heterocycles. The number of amides is 1. The molecule has 0 spiro atoms. The first kappa shape index (κ1) is 14.1. The van der Waals surface area contributed by atoms with E-state index in [0.29, 0.717) is 18.9 Å². The van der Waals surface area contributed by atoms with Gasteiger partial charge in [0.2, 0.25) is 5.91 Å². The Hall–Kier alpha value is -0.940. The summed E-state index contributed by atoms with van der Waals surface area (Å²) in [5.74, 6) is 0.416. The van der Waals surface area contributed by atoms with Crippen molar-refractivity contribution in [1.82, 2.24) is 10.3 Å². The van der Waals surface area contributed by atoms with Crippen LogP contribution < -0.4 is 5.32 Å². The third-order valence-corrected chi connectivity index (χ3v) is 3.42. The van der Waals surface area contributed by atoms with Crippen LogP contribution in [0.3, 0.4) is 0 Å². The summed E-state index contributed by atoms with van der Waals surface area (Å²) in [5, 5.41) is 5.90. The summed E-state index contributed by atoms with van der Waals surface area (Å²) in [4.78, 5) is 16.1. The molecule has 1 atom stereocenters. The van der Waals surface area contributed by atoms with Gasteiger partial charge in [0.15, 0.2) is 0 Å². The Balaban J connectivity index is 2.44. The van der Waals surface area contributed by atoms with Crippen LogP contribution in [0, 0.1) is 0 Å². The van der Waals surface area contributed by atoms with Crippen molar-refractivity contribution in [2.75, 3.05) is 13.7 Å². The van der Waals surface area contributed by atoms with E-state index in [4.69, 9.17) is 4.74 Å². The molecule has 0 bridgehead atoms. The van der Waals surface area contributed by atoms with Gasteiger partial charge in [0, 0.05) is 24.4 Å². The van der Waals surface area contributed by atoms with Gasteiger partial charge in [-0.05, 0) is 6.92 Å².